The van der Waals surface area contributed by atoms with Crippen LogP contribution in [-0.2, 0) is 6.42 Å². The highest BCUT2D eigenvalue weighted by Gasteiger charge is 2.36. The second-order valence-corrected chi connectivity index (χ2v) is 4.49. The molecule has 1 aliphatic rings. The van der Waals surface area contributed by atoms with E-state index in [4.69, 9.17) is 0 Å². The third kappa shape index (κ3) is 2.48. The van der Waals surface area contributed by atoms with Gasteiger partial charge in [0.15, 0.2) is 0 Å². The van der Waals surface area contributed by atoms with Gasteiger partial charge in [0, 0.05) is 19.5 Å². The first-order valence-corrected chi connectivity index (χ1v) is 5.23. The highest BCUT2D eigenvalue weighted by molar-refractivity contribution is 5.28. The van der Waals surface area contributed by atoms with Crippen LogP contribution in [-0.4, -0.2) is 35.8 Å². The molecule has 0 amide bonds. The molecule has 0 radical (unpaired) electrons. The van der Waals surface area contributed by atoms with Crippen LogP contribution in [0.2, 0.25) is 0 Å². The molecule has 1 heterocycles. The van der Waals surface area contributed by atoms with Crippen molar-refractivity contribution >= 4 is 0 Å². The summed E-state index contributed by atoms with van der Waals surface area (Å²) in [6, 6.07) is 6.86. The number of nitrogens with zero attached hydrogens (tertiary/aromatic N) is 1. The average molecular weight is 209 g/mol. The zero-order chi connectivity index (χ0) is 10.9. The van der Waals surface area contributed by atoms with E-state index in [0.29, 0.717) is 19.4 Å². The molecule has 0 bridgehead atoms. The van der Waals surface area contributed by atoms with Crippen LogP contribution in [0.25, 0.3) is 0 Å². The van der Waals surface area contributed by atoms with Gasteiger partial charge in [-0.2, -0.15) is 0 Å². The third-order valence-electron chi connectivity index (χ3n) is 2.93. The zero-order valence-electron chi connectivity index (χ0n) is 8.91. The molecule has 1 aromatic carbocycles. The SMILES string of the molecule is CN1CCC(F)(Cc2cccc(O)c2)C1. The number of alkyl halides is 1. The Kier molecular flexibility index (Phi) is 2.65. The van der Waals surface area contributed by atoms with Gasteiger partial charge < -0.3 is 10.0 Å². The molecule has 1 fully saturated rings. The van der Waals surface area contributed by atoms with Gasteiger partial charge in [-0.3, -0.25) is 0 Å². The molecule has 2 rings (SSSR count). The maximum Gasteiger partial charge on any atom is 0.128 e. The Bertz CT molecular complexity index is 355. The van der Waals surface area contributed by atoms with E-state index in [1.54, 1.807) is 18.2 Å². The van der Waals surface area contributed by atoms with E-state index in [1.165, 1.54) is 0 Å². The molecule has 1 aromatic rings. The number of phenolic OH excluding ortho intramolecular Hbond substituents is 1. The second-order valence-electron chi connectivity index (χ2n) is 4.49. The Balaban J connectivity index is 2.08. The summed E-state index contributed by atoms with van der Waals surface area (Å²) in [5, 5.41) is 9.29. The van der Waals surface area contributed by atoms with E-state index in [2.05, 4.69) is 0 Å². The van der Waals surface area contributed by atoms with E-state index in [0.717, 1.165) is 12.1 Å². The molecule has 15 heavy (non-hydrogen) atoms. The van der Waals surface area contributed by atoms with Crippen molar-refractivity contribution in [2.45, 2.75) is 18.5 Å². The van der Waals surface area contributed by atoms with Gasteiger partial charge in [0.1, 0.15) is 11.4 Å². The molecule has 82 valence electrons. The van der Waals surface area contributed by atoms with Crippen LogP contribution in [0.4, 0.5) is 4.39 Å². The quantitative estimate of drug-likeness (QED) is 0.805. The smallest absolute Gasteiger partial charge is 0.128 e. The molecule has 0 spiro atoms. The Morgan fingerprint density at radius 3 is 2.93 bits per heavy atom. The molecule has 0 saturated carbocycles. The predicted octanol–water partition coefficient (Wildman–Crippen LogP) is 1.98. The first kappa shape index (κ1) is 10.4. The molecule has 3 heteroatoms. The van der Waals surface area contributed by atoms with E-state index < -0.39 is 5.67 Å². The lowest BCUT2D eigenvalue weighted by molar-refractivity contribution is 0.173. The van der Waals surface area contributed by atoms with E-state index in [9.17, 15) is 9.50 Å². The van der Waals surface area contributed by atoms with Gasteiger partial charge in [-0.25, -0.2) is 4.39 Å². The fourth-order valence-electron chi connectivity index (χ4n) is 2.21. The minimum atomic E-state index is -1.12. The molecule has 1 unspecified atom stereocenters. The first-order valence-electron chi connectivity index (χ1n) is 5.23. The number of hydrogen-bond acceptors (Lipinski definition) is 2. The number of likely N-dealkylation sites (tertiary alicyclic amines) is 1. The number of phenols is 1. The second kappa shape index (κ2) is 3.81. The molecule has 0 aromatic heterocycles. The molecular formula is C12H16FNO. The van der Waals surface area contributed by atoms with Gasteiger partial charge in [0.2, 0.25) is 0 Å². The molecule has 1 aliphatic heterocycles. The Morgan fingerprint density at radius 1 is 1.53 bits per heavy atom. The molecule has 0 aliphatic carbocycles. The van der Waals surface area contributed by atoms with Gasteiger partial charge in [-0.15, -0.1) is 0 Å². The van der Waals surface area contributed by atoms with Crippen LogP contribution in [0.5, 0.6) is 5.75 Å². The summed E-state index contributed by atoms with van der Waals surface area (Å²) < 4.78 is 14.3. The Hall–Kier alpha value is -1.09. The normalized spacial score (nSPS) is 27.1. The fraction of sp³-hybridized carbons (Fsp3) is 0.500. The van der Waals surface area contributed by atoms with E-state index in [-0.39, 0.29) is 5.75 Å². The average Bonchev–Trinajstić information content (AvgIpc) is 2.45. The van der Waals surface area contributed by atoms with Crippen LogP contribution in [0.1, 0.15) is 12.0 Å². The van der Waals surface area contributed by atoms with E-state index >= 15 is 0 Å². The summed E-state index contributed by atoms with van der Waals surface area (Å²) in [5.41, 5.74) is -0.254. The number of rotatable bonds is 2. The lowest BCUT2D eigenvalue weighted by atomic mass is 9.95. The number of aromatic hydroxyl groups is 1. The molecule has 1 atom stereocenters. The van der Waals surface area contributed by atoms with Gasteiger partial charge in [-0.05, 0) is 31.2 Å². The largest absolute Gasteiger partial charge is 0.508 e. The van der Waals surface area contributed by atoms with Gasteiger partial charge >= 0.3 is 0 Å². The molecule has 1 saturated heterocycles. The summed E-state index contributed by atoms with van der Waals surface area (Å²) in [6.07, 6.45) is 0.977. The maximum absolute atomic E-state index is 14.3. The minimum absolute atomic E-state index is 0.211. The fourth-order valence-corrected chi connectivity index (χ4v) is 2.21. The molecule has 1 N–H and O–H groups in total. The summed E-state index contributed by atoms with van der Waals surface area (Å²) in [4.78, 5) is 2.00. The van der Waals surface area contributed by atoms with Crippen molar-refractivity contribution in [3.8, 4) is 5.75 Å². The summed E-state index contributed by atoms with van der Waals surface area (Å²) in [6.45, 7) is 1.30. The number of benzene rings is 1. The number of halogens is 1. The van der Waals surface area contributed by atoms with Gasteiger partial charge in [0.05, 0.1) is 0 Å². The number of hydrogen-bond donors (Lipinski definition) is 1. The van der Waals surface area contributed by atoms with Crippen LogP contribution >= 0.6 is 0 Å². The molecule has 2 nitrogen and oxygen atoms in total. The molecular weight excluding hydrogens is 193 g/mol. The maximum atomic E-state index is 14.3. The van der Waals surface area contributed by atoms with Crippen molar-refractivity contribution in [1.29, 1.82) is 0 Å². The van der Waals surface area contributed by atoms with Crippen molar-refractivity contribution in [2.24, 2.45) is 0 Å². The van der Waals surface area contributed by atoms with Gasteiger partial charge in [-0.1, -0.05) is 12.1 Å². The van der Waals surface area contributed by atoms with E-state index in [1.807, 2.05) is 18.0 Å². The predicted molar refractivity (Wildman–Crippen MR) is 57.8 cm³/mol. The summed E-state index contributed by atoms with van der Waals surface area (Å²) in [5.74, 6) is 0.211. The van der Waals surface area contributed by atoms with Crippen LogP contribution in [0, 0.1) is 0 Å². The first-order chi connectivity index (χ1) is 7.07. The Morgan fingerprint density at radius 2 is 2.33 bits per heavy atom. The lowest BCUT2D eigenvalue weighted by Gasteiger charge is -2.19. The van der Waals surface area contributed by atoms with Crippen molar-refractivity contribution < 1.29 is 9.50 Å². The third-order valence-corrected chi connectivity index (χ3v) is 2.93. The van der Waals surface area contributed by atoms with Crippen molar-refractivity contribution in [3.05, 3.63) is 29.8 Å². The van der Waals surface area contributed by atoms with Crippen LogP contribution in [0.15, 0.2) is 24.3 Å². The van der Waals surface area contributed by atoms with Crippen LogP contribution < -0.4 is 0 Å². The highest BCUT2D eigenvalue weighted by Crippen LogP contribution is 2.29. The van der Waals surface area contributed by atoms with Crippen LogP contribution in [0.3, 0.4) is 0 Å². The highest BCUT2D eigenvalue weighted by atomic mass is 19.1. The van der Waals surface area contributed by atoms with Crippen molar-refractivity contribution in [2.75, 3.05) is 20.1 Å². The summed E-state index contributed by atoms with van der Waals surface area (Å²) in [7, 11) is 1.93. The zero-order valence-corrected chi connectivity index (χ0v) is 8.91. The van der Waals surface area contributed by atoms with Crippen molar-refractivity contribution in [1.82, 2.24) is 4.90 Å². The topological polar surface area (TPSA) is 23.5 Å². The van der Waals surface area contributed by atoms with Gasteiger partial charge in [0.25, 0.3) is 0 Å². The standard InChI is InChI=1S/C12H16FNO/c1-14-6-5-12(13,9-14)8-10-3-2-4-11(15)7-10/h2-4,7,15H,5-6,8-9H2,1H3. The minimum Gasteiger partial charge on any atom is -0.508 e. The monoisotopic (exact) mass is 209 g/mol. The summed E-state index contributed by atoms with van der Waals surface area (Å²) >= 11 is 0. The lowest BCUT2D eigenvalue weighted by Crippen LogP contribution is -2.29. The Labute approximate surface area is 89.3 Å². The van der Waals surface area contributed by atoms with Crippen molar-refractivity contribution in [3.63, 3.8) is 0 Å².